The van der Waals surface area contributed by atoms with Crippen molar-refractivity contribution in [3.8, 4) is 0 Å². The van der Waals surface area contributed by atoms with Gasteiger partial charge >= 0.3 is 5.97 Å². The number of carbonyl (C=O) groups excluding carboxylic acids is 1. The molecule has 3 unspecified atom stereocenters. The van der Waals surface area contributed by atoms with Crippen LogP contribution in [0.3, 0.4) is 0 Å². The number of carbonyl (C=O) groups is 1. The maximum atomic E-state index is 10.5. The molecule has 3 heteroatoms. The van der Waals surface area contributed by atoms with Gasteiger partial charge in [0.2, 0.25) is 0 Å². The maximum absolute atomic E-state index is 10.5. The minimum absolute atomic E-state index is 0.0149. The van der Waals surface area contributed by atoms with Crippen molar-refractivity contribution in [2.45, 2.75) is 26.1 Å². The van der Waals surface area contributed by atoms with Crippen LogP contribution in [0.1, 0.15) is 13.8 Å². The lowest BCUT2D eigenvalue weighted by Crippen LogP contribution is -2.24. The lowest BCUT2D eigenvalue weighted by atomic mass is 10.1. The molecular formula is C8H12O3. The number of ether oxygens (including phenoxy) is 1. The SMILES string of the molecule is CC(=O)OC1C=CC(O)C1C. The number of aliphatic hydroxyl groups excluding tert-OH is 1. The Labute approximate surface area is 65.7 Å². The third-order valence-electron chi connectivity index (χ3n) is 1.86. The van der Waals surface area contributed by atoms with Gasteiger partial charge in [-0.05, 0) is 6.08 Å². The van der Waals surface area contributed by atoms with Crippen LogP contribution in [0.2, 0.25) is 0 Å². The Balaban J connectivity index is 2.49. The largest absolute Gasteiger partial charge is 0.458 e. The number of esters is 1. The van der Waals surface area contributed by atoms with Gasteiger partial charge in [-0.2, -0.15) is 0 Å². The zero-order chi connectivity index (χ0) is 8.43. The number of rotatable bonds is 1. The van der Waals surface area contributed by atoms with E-state index in [4.69, 9.17) is 4.74 Å². The van der Waals surface area contributed by atoms with Crippen LogP contribution in [0.15, 0.2) is 12.2 Å². The Morgan fingerprint density at radius 1 is 1.55 bits per heavy atom. The molecule has 1 aliphatic carbocycles. The zero-order valence-corrected chi connectivity index (χ0v) is 6.65. The number of aliphatic hydroxyl groups is 1. The first-order chi connectivity index (χ1) is 5.11. The molecule has 0 spiro atoms. The third kappa shape index (κ3) is 1.80. The van der Waals surface area contributed by atoms with E-state index in [0.717, 1.165) is 0 Å². The van der Waals surface area contributed by atoms with Crippen molar-refractivity contribution in [3.63, 3.8) is 0 Å². The van der Waals surface area contributed by atoms with E-state index in [0.29, 0.717) is 0 Å². The Morgan fingerprint density at radius 2 is 2.18 bits per heavy atom. The van der Waals surface area contributed by atoms with Crippen LogP contribution in [0.5, 0.6) is 0 Å². The standard InChI is InChI=1S/C8H12O3/c1-5-7(10)3-4-8(5)11-6(2)9/h3-5,7-8,10H,1-2H3. The molecule has 1 rings (SSSR count). The minimum atomic E-state index is -0.473. The Hall–Kier alpha value is -0.830. The molecule has 0 aromatic carbocycles. The van der Waals surface area contributed by atoms with Crippen LogP contribution >= 0.6 is 0 Å². The van der Waals surface area contributed by atoms with Crippen molar-refractivity contribution in [1.29, 1.82) is 0 Å². The van der Waals surface area contributed by atoms with Crippen molar-refractivity contribution < 1.29 is 14.6 Å². The predicted octanol–water partition coefficient (Wildman–Crippen LogP) is 0.485. The average Bonchev–Trinajstić information content (AvgIpc) is 2.18. The van der Waals surface area contributed by atoms with Gasteiger partial charge in [0.15, 0.2) is 0 Å². The fourth-order valence-corrected chi connectivity index (χ4v) is 1.11. The molecule has 0 heterocycles. The summed E-state index contributed by atoms with van der Waals surface area (Å²) in [5, 5.41) is 9.20. The molecule has 0 saturated carbocycles. The maximum Gasteiger partial charge on any atom is 0.303 e. The summed E-state index contributed by atoms with van der Waals surface area (Å²) in [6, 6.07) is 0. The van der Waals surface area contributed by atoms with Gasteiger partial charge < -0.3 is 9.84 Å². The molecule has 0 amide bonds. The van der Waals surface area contributed by atoms with Gasteiger partial charge in [0, 0.05) is 12.8 Å². The van der Waals surface area contributed by atoms with Gasteiger partial charge in [0.05, 0.1) is 6.10 Å². The van der Waals surface area contributed by atoms with E-state index >= 15 is 0 Å². The fraction of sp³-hybridized carbons (Fsp3) is 0.625. The Kier molecular flexibility index (Phi) is 2.29. The highest BCUT2D eigenvalue weighted by atomic mass is 16.5. The normalized spacial score (nSPS) is 35.7. The lowest BCUT2D eigenvalue weighted by Gasteiger charge is -2.16. The van der Waals surface area contributed by atoms with Gasteiger partial charge in [-0.25, -0.2) is 0 Å². The van der Waals surface area contributed by atoms with Crippen molar-refractivity contribution >= 4 is 5.97 Å². The molecule has 1 N–H and O–H groups in total. The predicted molar refractivity (Wildman–Crippen MR) is 39.9 cm³/mol. The van der Waals surface area contributed by atoms with Crippen LogP contribution in [0.25, 0.3) is 0 Å². The van der Waals surface area contributed by atoms with Crippen LogP contribution in [-0.2, 0) is 9.53 Å². The topological polar surface area (TPSA) is 46.5 Å². The van der Waals surface area contributed by atoms with Crippen LogP contribution in [0, 0.1) is 5.92 Å². The van der Waals surface area contributed by atoms with E-state index < -0.39 is 6.10 Å². The van der Waals surface area contributed by atoms with Crippen LogP contribution in [0.4, 0.5) is 0 Å². The van der Waals surface area contributed by atoms with E-state index in [1.54, 1.807) is 12.2 Å². The molecular weight excluding hydrogens is 144 g/mol. The molecule has 3 nitrogen and oxygen atoms in total. The molecule has 0 aromatic rings. The fourth-order valence-electron chi connectivity index (χ4n) is 1.11. The summed E-state index contributed by atoms with van der Waals surface area (Å²) in [4.78, 5) is 10.5. The summed E-state index contributed by atoms with van der Waals surface area (Å²) in [6.07, 6.45) is 2.65. The van der Waals surface area contributed by atoms with Crippen LogP contribution < -0.4 is 0 Å². The molecule has 0 saturated heterocycles. The van der Waals surface area contributed by atoms with E-state index in [1.165, 1.54) is 6.92 Å². The van der Waals surface area contributed by atoms with Gasteiger partial charge in [-0.15, -0.1) is 0 Å². The zero-order valence-electron chi connectivity index (χ0n) is 6.65. The van der Waals surface area contributed by atoms with E-state index in [2.05, 4.69) is 0 Å². The van der Waals surface area contributed by atoms with E-state index in [9.17, 15) is 9.90 Å². The quantitative estimate of drug-likeness (QED) is 0.444. The van der Waals surface area contributed by atoms with Gasteiger partial charge in [-0.1, -0.05) is 13.0 Å². The van der Waals surface area contributed by atoms with Gasteiger partial charge in [-0.3, -0.25) is 4.79 Å². The first-order valence-corrected chi connectivity index (χ1v) is 3.65. The summed E-state index contributed by atoms with van der Waals surface area (Å²) in [5.74, 6) is -0.320. The highest BCUT2D eigenvalue weighted by Crippen LogP contribution is 2.21. The first kappa shape index (κ1) is 8.27. The second kappa shape index (κ2) is 3.05. The number of hydrogen-bond donors (Lipinski definition) is 1. The second-order valence-electron chi connectivity index (χ2n) is 2.81. The molecule has 11 heavy (non-hydrogen) atoms. The minimum Gasteiger partial charge on any atom is -0.458 e. The van der Waals surface area contributed by atoms with Crippen molar-refractivity contribution in [3.05, 3.63) is 12.2 Å². The molecule has 0 bridgehead atoms. The second-order valence-corrected chi connectivity index (χ2v) is 2.81. The molecule has 0 radical (unpaired) electrons. The Bertz CT molecular complexity index is 186. The lowest BCUT2D eigenvalue weighted by molar-refractivity contribution is -0.146. The van der Waals surface area contributed by atoms with E-state index in [-0.39, 0.29) is 18.0 Å². The average molecular weight is 156 g/mol. The summed E-state index contributed by atoms with van der Waals surface area (Å²) in [7, 11) is 0. The van der Waals surface area contributed by atoms with Crippen molar-refractivity contribution in [2.75, 3.05) is 0 Å². The summed E-state index contributed by atoms with van der Waals surface area (Å²) in [6.45, 7) is 3.21. The molecule has 0 aromatic heterocycles. The Morgan fingerprint density at radius 3 is 2.55 bits per heavy atom. The van der Waals surface area contributed by atoms with Gasteiger partial charge in [0.25, 0.3) is 0 Å². The highest BCUT2D eigenvalue weighted by molar-refractivity contribution is 5.66. The molecule has 0 aliphatic heterocycles. The van der Waals surface area contributed by atoms with Gasteiger partial charge in [0.1, 0.15) is 6.10 Å². The molecule has 3 atom stereocenters. The molecule has 0 fully saturated rings. The monoisotopic (exact) mass is 156 g/mol. The van der Waals surface area contributed by atoms with Crippen molar-refractivity contribution in [1.82, 2.24) is 0 Å². The summed E-state index contributed by atoms with van der Waals surface area (Å²) in [5.41, 5.74) is 0. The first-order valence-electron chi connectivity index (χ1n) is 3.65. The molecule has 62 valence electrons. The van der Waals surface area contributed by atoms with Crippen LogP contribution in [-0.4, -0.2) is 23.3 Å². The van der Waals surface area contributed by atoms with E-state index in [1.807, 2.05) is 6.92 Å². The summed E-state index contributed by atoms with van der Waals surface area (Å²) >= 11 is 0. The summed E-state index contributed by atoms with van der Waals surface area (Å²) < 4.78 is 4.91. The molecule has 1 aliphatic rings. The highest BCUT2D eigenvalue weighted by Gasteiger charge is 2.28. The third-order valence-corrected chi connectivity index (χ3v) is 1.86. The smallest absolute Gasteiger partial charge is 0.303 e. The van der Waals surface area contributed by atoms with Crippen molar-refractivity contribution in [2.24, 2.45) is 5.92 Å². The number of hydrogen-bond acceptors (Lipinski definition) is 3.